The quantitative estimate of drug-likeness (QED) is 0.863. The van der Waals surface area contributed by atoms with Crippen LogP contribution in [0.3, 0.4) is 0 Å². The van der Waals surface area contributed by atoms with Crippen molar-refractivity contribution in [1.29, 1.82) is 0 Å². The molecule has 0 radical (unpaired) electrons. The van der Waals surface area contributed by atoms with Crippen LogP contribution in [0.5, 0.6) is 0 Å². The molecule has 0 aliphatic heterocycles. The minimum absolute atomic E-state index is 0.231. The smallest absolute Gasteiger partial charge is 0.187 e. The van der Waals surface area contributed by atoms with Crippen LogP contribution in [-0.4, -0.2) is 22.4 Å². The number of sulfone groups is 1. The van der Waals surface area contributed by atoms with Gasteiger partial charge in [0.25, 0.3) is 0 Å². The van der Waals surface area contributed by atoms with Crippen molar-refractivity contribution in [2.75, 3.05) is 0 Å². The van der Waals surface area contributed by atoms with Crippen LogP contribution in [0.4, 0.5) is 0 Å². The molecule has 4 nitrogen and oxygen atoms in total. The maximum absolute atomic E-state index is 12.9. The van der Waals surface area contributed by atoms with Crippen molar-refractivity contribution in [3.05, 3.63) is 22.8 Å². The van der Waals surface area contributed by atoms with E-state index in [2.05, 4.69) is 0 Å². The van der Waals surface area contributed by atoms with Crippen LogP contribution < -0.4 is 0 Å². The molecule has 118 valence electrons. The first-order chi connectivity index (χ1) is 9.76. The second-order valence-corrected chi connectivity index (χ2v) is 8.92. The summed E-state index contributed by atoms with van der Waals surface area (Å²) in [6.45, 7) is 5.14. The summed E-state index contributed by atoms with van der Waals surface area (Å²) in [6, 6.07) is 1.70. The van der Waals surface area contributed by atoms with Gasteiger partial charge in [-0.3, -0.25) is 0 Å². The highest BCUT2D eigenvalue weighted by Crippen LogP contribution is 2.34. The van der Waals surface area contributed by atoms with Crippen molar-refractivity contribution in [2.24, 2.45) is 0 Å². The maximum Gasteiger partial charge on any atom is 0.187 e. The van der Waals surface area contributed by atoms with Crippen molar-refractivity contribution < 1.29 is 17.2 Å². The summed E-state index contributed by atoms with van der Waals surface area (Å²) in [6.07, 6.45) is 4.34. The molecule has 0 amide bonds. The Kier molecular flexibility index (Phi) is 4.90. The Bertz CT molecular complexity index is 671. The first kappa shape index (κ1) is 16.6. The summed E-state index contributed by atoms with van der Waals surface area (Å²) in [7, 11) is -3.44. The molecular weight excluding hydrogens is 308 g/mol. The highest BCUT2D eigenvalue weighted by atomic mass is 32.2. The fourth-order valence-corrected chi connectivity index (χ4v) is 6.49. The topological polar surface area (TPSA) is 71.4 Å². The van der Waals surface area contributed by atoms with Crippen LogP contribution in [0.25, 0.3) is 0 Å². The highest BCUT2D eigenvalue weighted by Gasteiger charge is 2.32. The second-order valence-electron chi connectivity index (χ2n) is 5.85. The third-order valence-electron chi connectivity index (χ3n) is 4.28. The fraction of sp³-hybridized carbons (Fsp3) is 0.600. The summed E-state index contributed by atoms with van der Waals surface area (Å²) in [4.78, 5) is 0.493. The van der Waals surface area contributed by atoms with Crippen LogP contribution in [0.1, 0.15) is 48.8 Å². The van der Waals surface area contributed by atoms with E-state index in [-0.39, 0.29) is 15.0 Å². The first-order valence-corrected chi connectivity index (χ1v) is 9.87. The van der Waals surface area contributed by atoms with Gasteiger partial charge in [-0.15, -0.1) is 0 Å². The summed E-state index contributed by atoms with van der Waals surface area (Å²) >= 11 is -2.17. The Morgan fingerprint density at radius 3 is 2.19 bits per heavy atom. The first-order valence-electron chi connectivity index (χ1n) is 7.22. The van der Waals surface area contributed by atoms with E-state index in [1.54, 1.807) is 26.8 Å². The van der Waals surface area contributed by atoms with Crippen LogP contribution in [0.2, 0.25) is 0 Å². The van der Waals surface area contributed by atoms with Crippen molar-refractivity contribution >= 4 is 20.9 Å². The molecular formula is C15H22O4S2. The number of hydrogen-bond donors (Lipinski definition) is 1. The van der Waals surface area contributed by atoms with Gasteiger partial charge < -0.3 is 4.55 Å². The minimum atomic E-state index is -3.44. The lowest BCUT2D eigenvalue weighted by atomic mass is 10.0. The van der Waals surface area contributed by atoms with Crippen LogP contribution >= 0.6 is 0 Å². The molecule has 21 heavy (non-hydrogen) atoms. The second kappa shape index (κ2) is 6.18. The van der Waals surface area contributed by atoms with Gasteiger partial charge in [-0.2, -0.15) is 0 Å². The van der Waals surface area contributed by atoms with E-state index in [9.17, 15) is 17.2 Å². The lowest BCUT2D eigenvalue weighted by molar-refractivity contribution is 0.483. The molecule has 1 fully saturated rings. The van der Waals surface area contributed by atoms with Crippen molar-refractivity contribution in [2.45, 2.75) is 67.9 Å². The third-order valence-corrected chi connectivity index (χ3v) is 7.80. The molecule has 0 aromatic heterocycles. The Hall–Kier alpha value is -0.720. The van der Waals surface area contributed by atoms with Gasteiger partial charge in [0.15, 0.2) is 20.9 Å². The van der Waals surface area contributed by atoms with E-state index in [1.165, 1.54) is 0 Å². The van der Waals surface area contributed by atoms with E-state index in [4.69, 9.17) is 0 Å². The van der Waals surface area contributed by atoms with E-state index >= 15 is 0 Å². The lowest BCUT2D eigenvalue weighted by Gasteiger charge is -2.24. The summed E-state index contributed by atoms with van der Waals surface area (Å²) in [5.74, 6) is 0. The van der Waals surface area contributed by atoms with Gasteiger partial charge >= 0.3 is 0 Å². The molecule has 1 saturated carbocycles. The Labute approximate surface area is 129 Å². The average molecular weight is 330 g/mol. The number of benzene rings is 1. The zero-order chi connectivity index (χ0) is 15.8. The summed E-state index contributed by atoms with van der Waals surface area (Å²) in [5, 5.41) is -0.355. The normalized spacial score (nSPS) is 18.7. The van der Waals surface area contributed by atoms with Gasteiger partial charge in [0.05, 0.1) is 15.0 Å². The summed E-state index contributed by atoms with van der Waals surface area (Å²) in [5.41, 5.74) is 1.76. The molecule has 1 aromatic carbocycles. The molecule has 0 spiro atoms. The van der Waals surface area contributed by atoms with Gasteiger partial charge in [-0.1, -0.05) is 25.3 Å². The number of rotatable bonds is 3. The molecule has 1 N–H and O–H groups in total. The number of aryl methyl sites for hydroxylation is 2. The maximum atomic E-state index is 12.9. The van der Waals surface area contributed by atoms with E-state index in [0.717, 1.165) is 19.3 Å². The zero-order valence-electron chi connectivity index (χ0n) is 12.7. The largest absolute Gasteiger partial charge is 0.302 e. The lowest BCUT2D eigenvalue weighted by Crippen LogP contribution is -2.26. The van der Waals surface area contributed by atoms with Gasteiger partial charge in [-0.25, -0.2) is 12.6 Å². The van der Waals surface area contributed by atoms with Crippen LogP contribution in [0.15, 0.2) is 15.9 Å². The molecule has 6 heteroatoms. The minimum Gasteiger partial charge on any atom is -0.302 e. The summed E-state index contributed by atoms with van der Waals surface area (Å²) < 4.78 is 46.8. The molecule has 1 unspecified atom stereocenters. The van der Waals surface area contributed by atoms with Crippen LogP contribution in [0, 0.1) is 20.8 Å². The van der Waals surface area contributed by atoms with Crippen molar-refractivity contribution in [3.63, 3.8) is 0 Å². The standard InChI is InChI=1S/C15H22O4S2/c1-10-9-11(2)15(12(3)14(10)20(16)17)21(18,19)13-7-5-4-6-8-13/h9,13H,4-8H2,1-3H3,(H,16,17). The molecule has 2 rings (SSSR count). The average Bonchev–Trinajstić information content (AvgIpc) is 2.38. The van der Waals surface area contributed by atoms with Gasteiger partial charge in [0.2, 0.25) is 0 Å². The molecule has 1 atom stereocenters. The van der Waals surface area contributed by atoms with Gasteiger partial charge in [0.1, 0.15) is 0 Å². The zero-order valence-corrected chi connectivity index (χ0v) is 14.3. The third kappa shape index (κ3) is 3.07. The van der Waals surface area contributed by atoms with E-state index in [1.807, 2.05) is 0 Å². The SMILES string of the molecule is Cc1cc(C)c(S(=O)(=O)C2CCCCC2)c(C)c1S(=O)O. The highest BCUT2D eigenvalue weighted by molar-refractivity contribution is 7.92. The Balaban J connectivity index is 2.62. The van der Waals surface area contributed by atoms with E-state index < -0.39 is 20.9 Å². The van der Waals surface area contributed by atoms with Crippen LogP contribution in [-0.2, 0) is 20.9 Å². The van der Waals surface area contributed by atoms with Crippen molar-refractivity contribution in [1.82, 2.24) is 0 Å². The Morgan fingerprint density at radius 1 is 1.10 bits per heavy atom. The van der Waals surface area contributed by atoms with Crippen molar-refractivity contribution in [3.8, 4) is 0 Å². The molecule has 0 bridgehead atoms. The van der Waals surface area contributed by atoms with Gasteiger partial charge in [-0.05, 0) is 50.3 Å². The number of hydrogen-bond acceptors (Lipinski definition) is 3. The molecule has 1 aliphatic rings. The van der Waals surface area contributed by atoms with E-state index in [0.29, 0.717) is 29.5 Å². The Morgan fingerprint density at radius 2 is 1.67 bits per heavy atom. The predicted molar refractivity (Wildman–Crippen MR) is 83.7 cm³/mol. The monoisotopic (exact) mass is 330 g/mol. The molecule has 1 aromatic rings. The predicted octanol–water partition coefficient (Wildman–Crippen LogP) is 3.30. The van der Waals surface area contributed by atoms with Gasteiger partial charge in [0, 0.05) is 0 Å². The fourth-order valence-electron chi connectivity index (χ4n) is 3.40. The molecule has 1 aliphatic carbocycles. The molecule has 0 saturated heterocycles. The molecule has 0 heterocycles.